The number of likely N-dealkylation sites (tertiary alicyclic amines) is 1. The van der Waals surface area contributed by atoms with Crippen molar-refractivity contribution in [2.45, 2.75) is 51.9 Å². The highest BCUT2D eigenvalue weighted by atomic mass is 16.5. The first-order valence-electron chi connectivity index (χ1n) is 8.23. The maximum Gasteiger partial charge on any atom is 0.272 e. The molecule has 7 heteroatoms. The molecule has 0 bridgehead atoms. The SMILES string of the molecule is CCOCCn1nc(C)cc1C(=O)N1CC[C@](O)(CC)[C@H](O)C1. The van der Waals surface area contributed by atoms with Crippen LogP contribution in [0.2, 0.25) is 0 Å². The van der Waals surface area contributed by atoms with Gasteiger partial charge >= 0.3 is 0 Å². The van der Waals surface area contributed by atoms with Crippen LogP contribution in [0.15, 0.2) is 6.07 Å². The second-order valence-corrected chi connectivity index (χ2v) is 6.07. The maximum absolute atomic E-state index is 12.7. The Balaban J connectivity index is 2.09. The molecular weight excluding hydrogens is 298 g/mol. The van der Waals surface area contributed by atoms with E-state index in [-0.39, 0.29) is 12.5 Å². The summed E-state index contributed by atoms with van der Waals surface area (Å²) in [5, 5.41) is 24.8. The Labute approximate surface area is 136 Å². The Bertz CT molecular complexity index is 545. The topological polar surface area (TPSA) is 87.8 Å². The molecule has 1 aromatic heterocycles. The zero-order valence-corrected chi connectivity index (χ0v) is 14.2. The number of hydrogen-bond donors (Lipinski definition) is 2. The Morgan fingerprint density at radius 2 is 2.26 bits per heavy atom. The van der Waals surface area contributed by atoms with Crippen LogP contribution in [0.5, 0.6) is 0 Å². The first kappa shape index (κ1) is 17.9. The fourth-order valence-corrected chi connectivity index (χ4v) is 2.91. The summed E-state index contributed by atoms with van der Waals surface area (Å²) in [5.41, 5.74) is 0.172. The van der Waals surface area contributed by atoms with Crippen LogP contribution in [0.1, 0.15) is 42.9 Å². The lowest BCUT2D eigenvalue weighted by Gasteiger charge is -2.41. The number of aliphatic hydroxyl groups is 2. The predicted molar refractivity (Wildman–Crippen MR) is 85.2 cm³/mol. The molecule has 0 saturated carbocycles. The third kappa shape index (κ3) is 3.91. The van der Waals surface area contributed by atoms with E-state index in [9.17, 15) is 15.0 Å². The number of nitrogens with zero attached hydrogens (tertiary/aromatic N) is 3. The molecule has 2 heterocycles. The molecule has 1 aliphatic heterocycles. The van der Waals surface area contributed by atoms with E-state index in [0.717, 1.165) is 5.69 Å². The number of carbonyl (C=O) groups is 1. The highest BCUT2D eigenvalue weighted by Gasteiger charge is 2.40. The van der Waals surface area contributed by atoms with E-state index < -0.39 is 11.7 Å². The molecule has 0 spiro atoms. The molecule has 130 valence electrons. The minimum atomic E-state index is -1.10. The van der Waals surface area contributed by atoms with Crippen molar-refractivity contribution < 1.29 is 19.7 Å². The average Bonchev–Trinajstić information content (AvgIpc) is 2.90. The van der Waals surface area contributed by atoms with Gasteiger partial charge in [0, 0.05) is 19.7 Å². The molecule has 2 rings (SSSR count). The molecule has 2 N–H and O–H groups in total. The molecule has 0 radical (unpaired) electrons. The largest absolute Gasteiger partial charge is 0.388 e. The fourth-order valence-electron chi connectivity index (χ4n) is 2.91. The van der Waals surface area contributed by atoms with Gasteiger partial charge in [-0.2, -0.15) is 5.10 Å². The lowest BCUT2D eigenvalue weighted by Crippen LogP contribution is -2.56. The molecule has 1 fully saturated rings. The Morgan fingerprint density at radius 3 is 2.87 bits per heavy atom. The molecule has 7 nitrogen and oxygen atoms in total. The van der Waals surface area contributed by atoms with Crippen LogP contribution < -0.4 is 0 Å². The summed E-state index contributed by atoms with van der Waals surface area (Å²) < 4.78 is 6.98. The number of aromatic nitrogens is 2. The number of ether oxygens (including phenoxy) is 1. The highest BCUT2D eigenvalue weighted by Crippen LogP contribution is 2.26. The summed E-state index contributed by atoms with van der Waals surface area (Å²) in [7, 11) is 0. The Morgan fingerprint density at radius 1 is 1.52 bits per heavy atom. The van der Waals surface area contributed by atoms with Gasteiger partial charge in [-0.15, -0.1) is 0 Å². The summed E-state index contributed by atoms with van der Waals surface area (Å²) in [6, 6.07) is 1.75. The second kappa shape index (κ2) is 7.42. The van der Waals surface area contributed by atoms with Crippen molar-refractivity contribution in [1.82, 2.24) is 14.7 Å². The summed E-state index contributed by atoms with van der Waals surface area (Å²) >= 11 is 0. The molecule has 2 atom stereocenters. The Kier molecular flexibility index (Phi) is 5.78. The van der Waals surface area contributed by atoms with E-state index in [1.165, 1.54) is 0 Å². The van der Waals surface area contributed by atoms with Gasteiger partial charge in [-0.1, -0.05) is 6.92 Å². The van der Waals surface area contributed by atoms with Gasteiger partial charge in [-0.25, -0.2) is 0 Å². The van der Waals surface area contributed by atoms with Gasteiger partial charge in [0.05, 0.1) is 24.4 Å². The van der Waals surface area contributed by atoms with Crippen LogP contribution in [-0.2, 0) is 11.3 Å². The third-order valence-corrected chi connectivity index (χ3v) is 4.50. The first-order chi connectivity index (χ1) is 10.9. The normalized spacial score (nSPS) is 24.9. The molecule has 0 aliphatic carbocycles. The van der Waals surface area contributed by atoms with Gasteiger partial charge in [-0.05, 0) is 32.8 Å². The molecule has 23 heavy (non-hydrogen) atoms. The van der Waals surface area contributed by atoms with Gasteiger partial charge in [0.25, 0.3) is 5.91 Å². The highest BCUT2D eigenvalue weighted by molar-refractivity contribution is 5.92. The van der Waals surface area contributed by atoms with Gasteiger partial charge in [-0.3, -0.25) is 9.48 Å². The summed E-state index contributed by atoms with van der Waals surface area (Å²) in [6.45, 7) is 7.80. The number of aliphatic hydroxyl groups excluding tert-OH is 1. The fraction of sp³-hybridized carbons (Fsp3) is 0.750. The zero-order valence-electron chi connectivity index (χ0n) is 14.2. The van der Waals surface area contributed by atoms with Crippen LogP contribution in [0.4, 0.5) is 0 Å². The van der Waals surface area contributed by atoms with Crippen molar-refractivity contribution in [1.29, 1.82) is 0 Å². The van der Waals surface area contributed by atoms with Crippen molar-refractivity contribution in [3.8, 4) is 0 Å². The van der Waals surface area contributed by atoms with Crippen LogP contribution in [0.25, 0.3) is 0 Å². The van der Waals surface area contributed by atoms with E-state index in [1.807, 2.05) is 20.8 Å². The monoisotopic (exact) mass is 325 g/mol. The Hall–Kier alpha value is -1.44. The molecule has 1 amide bonds. The second-order valence-electron chi connectivity index (χ2n) is 6.07. The number of amides is 1. The lowest BCUT2D eigenvalue weighted by atomic mass is 9.86. The van der Waals surface area contributed by atoms with Gasteiger partial charge in [0.2, 0.25) is 0 Å². The molecule has 1 saturated heterocycles. The minimum Gasteiger partial charge on any atom is -0.388 e. The van der Waals surface area contributed by atoms with Crippen LogP contribution >= 0.6 is 0 Å². The van der Waals surface area contributed by atoms with E-state index in [4.69, 9.17) is 4.74 Å². The summed E-state index contributed by atoms with van der Waals surface area (Å²) in [4.78, 5) is 14.3. The van der Waals surface area contributed by atoms with E-state index in [2.05, 4.69) is 5.10 Å². The van der Waals surface area contributed by atoms with E-state index >= 15 is 0 Å². The smallest absolute Gasteiger partial charge is 0.272 e. The standard InChI is InChI=1S/C16H27N3O4/c1-4-16(22)6-7-18(11-14(16)20)15(21)13-10-12(3)17-19(13)8-9-23-5-2/h10,14,20,22H,4-9,11H2,1-3H3/t14-,16-/m1/s1. The van der Waals surface area contributed by atoms with Crippen molar-refractivity contribution in [3.63, 3.8) is 0 Å². The van der Waals surface area contributed by atoms with Crippen molar-refractivity contribution in [2.24, 2.45) is 0 Å². The van der Waals surface area contributed by atoms with E-state index in [1.54, 1.807) is 15.6 Å². The first-order valence-corrected chi connectivity index (χ1v) is 8.23. The van der Waals surface area contributed by atoms with E-state index in [0.29, 0.717) is 44.8 Å². The van der Waals surface area contributed by atoms with Crippen LogP contribution in [0.3, 0.4) is 0 Å². The average molecular weight is 325 g/mol. The molecule has 1 aliphatic rings. The molecule has 0 unspecified atom stereocenters. The number of aryl methyl sites for hydroxylation is 1. The number of piperidine rings is 1. The number of β-amino-alcohol motifs (C(OH)–C–C–N with tert-alkyl or cyclic N) is 1. The lowest BCUT2D eigenvalue weighted by molar-refractivity contribution is -0.114. The number of carbonyl (C=O) groups excluding carboxylic acids is 1. The van der Waals surface area contributed by atoms with Crippen molar-refractivity contribution in [3.05, 3.63) is 17.5 Å². The quantitative estimate of drug-likeness (QED) is 0.747. The molecule has 1 aromatic rings. The number of rotatable bonds is 6. The van der Waals surface area contributed by atoms with Crippen molar-refractivity contribution in [2.75, 3.05) is 26.3 Å². The minimum absolute atomic E-state index is 0.138. The van der Waals surface area contributed by atoms with Gasteiger partial charge < -0.3 is 19.8 Å². The van der Waals surface area contributed by atoms with Crippen molar-refractivity contribution >= 4 is 5.91 Å². The van der Waals surface area contributed by atoms with Gasteiger partial charge in [0.15, 0.2) is 0 Å². The van der Waals surface area contributed by atoms with Crippen LogP contribution in [-0.4, -0.2) is 68.8 Å². The van der Waals surface area contributed by atoms with Gasteiger partial charge in [0.1, 0.15) is 11.8 Å². The number of hydrogen-bond acceptors (Lipinski definition) is 5. The zero-order chi connectivity index (χ0) is 17.0. The molecule has 0 aromatic carbocycles. The predicted octanol–water partition coefficient (Wildman–Crippen LogP) is 0.576. The third-order valence-electron chi connectivity index (χ3n) is 4.50. The van der Waals surface area contributed by atoms with Crippen LogP contribution in [0, 0.1) is 6.92 Å². The summed E-state index contributed by atoms with van der Waals surface area (Å²) in [5.74, 6) is -0.167. The maximum atomic E-state index is 12.7. The molecular formula is C16H27N3O4. The summed E-state index contributed by atoms with van der Waals surface area (Å²) in [6.07, 6.45) is -0.0737.